The molecule has 1 saturated carbocycles. The molecule has 0 aromatic heterocycles. The van der Waals surface area contributed by atoms with E-state index in [9.17, 15) is 19.1 Å². The number of carbonyl (C=O) groups is 2. The Bertz CT molecular complexity index is 559. The molecule has 1 aliphatic heterocycles. The number of halogens is 1. The van der Waals surface area contributed by atoms with Gasteiger partial charge in [0.05, 0.1) is 11.8 Å². The van der Waals surface area contributed by atoms with Crippen LogP contribution in [-0.2, 0) is 16.0 Å². The predicted molar refractivity (Wildman–Crippen MR) is 77.3 cm³/mol. The molecular weight excluding hydrogens is 293 g/mol. The van der Waals surface area contributed by atoms with Crippen molar-refractivity contribution in [2.75, 3.05) is 5.75 Å². The molecule has 2 aliphatic rings. The van der Waals surface area contributed by atoms with Crippen LogP contribution in [0, 0.1) is 11.7 Å². The number of thioether (sulfide) groups is 1. The molecule has 1 aromatic rings. The van der Waals surface area contributed by atoms with E-state index < -0.39 is 12.0 Å². The van der Waals surface area contributed by atoms with Crippen LogP contribution in [0.25, 0.3) is 0 Å². The highest BCUT2D eigenvalue weighted by atomic mass is 32.2. The molecule has 0 bridgehead atoms. The molecule has 6 heteroatoms. The van der Waals surface area contributed by atoms with Crippen molar-refractivity contribution in [1.82, 2.24) is 4.90 Å². The normalized spacial score (nSPS) is 25.1. The fraction of sp³-hybridized carbons (Fsp3) is 0.467. The first kappa shape index (κ1) is 14.4. The van der Waals surface area contributed by atoms with E-state index in [1.165, 1.54) is 17.0 Å². The van der Waals surface area contributed by atoms with Crippen LogP contribution in [0.4, 0.5) is 4.39 Å². The maximum absolute atomic E-state index is 12.9. The van der Waals surface area contributed by atoms with Crippen molar-refractivity contribution in [1.29, 1.82) is 0 Å². The van der Waals surface area contributed by atoms with Gasteiger partial charge in [-0.15, -0.1) is 11.8 Å². The van der Waals surface area contributed by atoms with Gasteiger partial charge in [0.15, 0.2) is 0 Å². The van der Waals surface area contributed by atoms with Crippen molar-refractivity contribution in [2.45, 2.75) is 30.7 Å². The van der Waals surface area contributed by atoms with E-state index in [-0.39, 0.29) is 23.5 Å². The number of hydrogen-bond donors (Lipinski definition) is 1. The molecule has 1 aliphatic carbocycles. The number of benzene rings is 1. The van der Waals surface area contributed by atoms with Gasteiger partial charge in [-0.25, -0.2) is 9.18 Å². The summed E-state index contributed by atoms with van der Waals surface area (Å²) in [5.74, 6) is -0.598. The van der Waals surface area contributed by atoms with Crippen molar-refractivity contribution < 1.29 is 19.1 Å². The Labute approximate surface area is 126 Å². The second kappa shape index (κ2) is 5.67. The summed E-state index contributed by atoms with van der Waals surface area (Å²) in [6, 6.07) is 5.02. The van der Waals surface area contributed by atoms with Crippen LogP contribution >= 0.6 is 11.8 Å². The number of nitrogens with zero attached hydrogens (tertiary/aromatic N) is 1. The molecule has 1 heterocycles. The highest BCUT2D eigenvalue weighted by molar-refractivity contribution is 8.00. The maximum Gasteiger partial charge on any atom is 0.327 e. The standard InChI is InChI=1S/C15H16FNO3S/c16-11-5-1-9(2-6-11)7-13(18)17-12(15(19)20)8-21-14(17)10-3-4-10/h1-2,5-6,10,12,14H,3-4,7-8H2,(H,19,20). The first-order valence-electron chi connectivity index (χ1n) is 6.96. The summed E-state index contributed by atoms with van der Waals surface area (Å²) in [7, 11) is 0. The van der Waals surface area contributed by atoms with E-state index in [1.807, 2.05) is 0 Å². The Hall–Kier alpha value is -1.56. The molecule has 0 radical (unpaired) electrons. The lowest BCUT2D eigenvalue weighted by molar-refractivity contribution is -0.149. The van der Waals surface area contributed by atoms with Crippen LogP contribution in [-0.4, -0.2) is 39.1 Å². The molecule has 2 unspecified atom stereocenters. The monoisotopic (exact) mass is 309 g/mol. The van der Waals surface area contributed by atoms with Crippen molar-refractivity contribution in [3.05, 3.63) is 35.6 Å². The fourth-order valence-corrected chi connectivity index (χ4v) is 4.30. The van der Waals surface area contributed by atoms with Crippen LogP contribution in [0.15, 0.2) is 24.3 Å². The Morgan fingerprint density at radius 1 is 1.29 bits per heavy atom. The van der Waals surface area contributed by atoms with E-state index >= 15 is 0 Å². The first-order valence-corrected chi connectivity index (χ1v) is 8.01. The molecule has 21 heavy (non-hydrogen) atoms. The highest BCUT2D eigenvalue weighted by Gasteiger charge is 2.47. The van der Waals surface area contributed by atoms with Crippen LogP contribution in [0.3, 0.4) is 0 Å². The molecular formula is C15H16FNO3S. The molecule has 3 rings (SSSR count). The van der Waals surface area contributed by atoms with Crippen LogP contribution in [0.2, 0.25) is 0 Å². The number of carboxylic acid groups (broad SMARTS) is 1. The minimum atomic E-state index is -0.946. The van der Waals surface area contributed by atoms with Crippen LogP contribution in [0.5, 0.6) is 0 Å². The molecule has 1 amide bonds. The second-order valence-electron chi connectivity index (χ2n) is 5.52. The predicted octanol–water partition coefficient (Wildman–Crippen LogP) is 2.13. The number of amides is 1. The summed E-state index contributed by atoms with van der Waals surface area (Å²) in [6.07, 6.45) is 2.24. The molecule has 112 valence electrons. The summed E-state index contributed by atoms with van der Waals surface area (Å²) >= 11 is 1.56. The number of hydrogen-bond acceptors (Lipinski definition) is 3. The lowest BCUT2D eigenvalue weighted by Crippen LogP contribution is -2.46. The average molecular weight is 309 g/mol. The Morgan fingerprint density at radius 3 is 2.52 bits per heavy atom. The fourth-order valence-electron chi connectivity index (χ4n) is 2.65. The smallest absolute Gasteiger partial charge is 0.327 e. The SMILES string of the molecule is O=C(O)C1CSC(C2CC2)N1C(=O)Cc1ccc(F)cc1. The number of carbonyl (C=O) groups excluding carboxylic acids is 1. The van der Waals surface area contributed by atoms with Gasteiger partial charge in [-0.3, -0.25) is 4.79 Å². The minimum Gasteiger partial charge on any atom is -0.480 e. The Morgan fingerprint density at radius 2 is 1.95 bits per heavy atom. The zero-order chi connectivity index (χ0) is 15.0. The van der Waals surface area contributed by atoms with Crippen molar-refractivity contribution in [3.63, 3.8) is 0 Å². The lowest BCUT2D eigenvalue weighted by Gasteiger charge is -2.27. The van der Waals surface area contributed by atoms with E-state index in [2.05, 4.69) is 0 Å². The second-order valence-corrected chi connectivity index (χ2v) is 6.67. The van der Waals surface area contributed by atoms with Crippen LogP contribution in [0.1, 0.15) is 18.4 Å². The highest BCUT2D eigenvalue weighted by Crippen LogP contribution is 2.45. The Balaban J connectivity index is 1.76. The van der Waals surface area contributed by atoms with Crippen molar-refractivity contribution in [2.24, 2.45) is 5.92 Å². The molecule has 2 fully saturated rings. The van der Waals surface area contributed by atoms with Crippen LogP contribution < -0.4 is 0 Å². The van der Waals surface area contributed by atoms with Gasteiger partial charge in [-0.1, -0.05) is 12.1 Å². The van der Waals surface area contributed by atoms with Gasteiger partial charge >= 0.3 is 5.97 Å². The van der Waals surface area contributed by atoms with Gasteiger partial charge in [-0.05, 0) is 36.5 Å². The van der Waals surface area contributed by atoms with Crippen molar-refractivity contribution in [3.8, 4) is 0 Å². The van der Waals surface area contributed by atoms with E-state index in [1.54, 1.807) is 23.9 Å². The largest absolute Gasteiger partial charge is 0.480 e. The molecule has 2 atom stereocenters. The topological polar surface area (TPSA) is 57.6 Å². The summed E-state index contributed by atoms with van der Waals surface area (Å²) < 4.78 is 12.9. The van der Waals surface area contributed by atoms with Gasteiger partial charge in [0.2, 0.25) is 5.91 Å². The number of aliphatic carboxylic acids is 1. The maximum atomic E-state index is 12.9. The van der Waals surface area contributed by atoms with Gasteiger partial charge in [-0.2, -0.15) is 0 Å². The third-order valence-corrected chi connectivity index (χ3v) is 5.36. The molecule has 0 spiro atoms. The van der Waals surface area contributed by atoms with Gasteiger partial charge in [0.25, 0.3) is 0 Å². The van der Waals surface area contributed by atoms with Crippen molar-refractivity contribution >= 4 is 23.6 Å². The number of rotatable bonds is 4. The summed E-state index contributed by atoms with van der Waals surface area (Å²) in [4.78, 5) is 25.4. The summed E-state index contributed by atoms with van der Waals surface area (Å²) in [5.41, 5.74) is 0.706. The Kier molecular flexibility index (Phi) is 3.89. The minimum absolute atomic E-state index is 0.0148. The first-order chi connectivity index (χ1) is 10.1. The average Bonchev–Trinajstić information content (AvgIpc) is 3.19. The van der Waals surface area contributed by atoms with E-state index in [0.717, 1.165) is 12.8 Å². The quantitative estimate of drug-likeness (QED) is 0.926. The molecule has 4 nitrogen and oxygen atoms in total. The van der Waals surface area contributed by atoms with E-state index in [4.69, 9.17) is 0 Å². The van der Waals surface area contributed by atoms with Gasteiger partial charge < -0.3 is 10.0 Å². The molecule has 1 saturated heterocycles. The van der Waals surface area contributed by atoms with E-state index in [0.29, 0.717) is 17.2 Å². The third-order valence-electron chi connectivity index (χ3n) is 3.90. The number of carboxylic acids is 1. The molecule has 1 aromatic carbocycles. The van der Waals surface area contributed by atoms with Gasteiger partial charge in [0.1, 0.15) is 11.9 Å². The lowest BCUT2D eigenvalue weighted by atomic mass is 10.1. The molecule has 1 N–H and O–H groups in total. The summed E-state index contributed by atoms with van der Waals surface area (Å²) in [5, 5.41) is 9.28. The van der Waals surface area contributed by atoms with Gasteiger partial charge in [0, 0.05) is 5.75 Å². The zero-order valence-electron chi connectivity index (χ0n) is 11.4. The summed E-state index contributed by atoms with van der Waals surface area (Å²) in [6.45, 7) is 0. The zero-order valence-corrected chi connectivity index (χ0v) is 12.2. The third kappa shape index (κ3) is 3.05.